The summed E-state index contributed by atoms with van der Waals surface area (Å²) in [6, 6.07) is 11.6. The van der Waals surface area contributed by atoms with E-state index in [0.29, 0.717) is 24.3 Å². The highest BCUT2D eigenvalue weighted by molar-refractivity contribution is 6.13. The Labute approximate surface area is 241 Å². The standard InChI is InChI=1S/C30H30F2N6O4/c1-18(39)36(2)16-24-17-37(23-10-8-22(9-11-23)30(31,32)21-5-4-6-21)29(41)27-25(15-34-38(24)27)35-28(40)19-7-12-26(42-3)20(13-19)14-33/h7-13,15,21,24H,4-6,16-17H2,1-3H3,(H,35,40). The van der Waals surface area contributed by atoms with Crippen molar-refractivity contribution in [2.45, 2.75) is 38.2 Å². The lowest BCUT2D eigenvalue weighted by molar-refractivity contribution is -0.128. The predicted octanol–water partition coefficient (Wildman–Crippen LogP) is 4.59. The van der Waals surface area contributed by atoms with Gasteiger partial charge in [0.1, 0.15) is 11.8 Å². The Morgan fingerprint density at radius 3 is 2.52 bits per heavy atom. The molecule has 1 aliphatic heterocycles. The van der Waals surface area contributed by atoms with Crippen molar-refractivity contribution < 1.29 is 27.9 Å². The molecule has 1 aliphatic carbocycles. The van der Waals surface area contributed by atoms with E-state index in [2.05, 4.69) is 10.4 Å². The van der Waals surface area contributed by atoms with Gasteiger partial charge in [-0.25, -0.2) is 8.78 Å². The smallest absolute Gasteiger partial charge is 0.278 e. The number of carbonyl (C=O) groups is 3. The van der Waals surface area contributed by atoms with Crippen molar-refractivity contribution in [1.82, 2.24) is 14.7 Å². The van der Waals surface area contributed by atoms with Crippen LogP contribution in [0.2, 0.25) is 0 Å². The van der Waals surface area contributed by atoms with Gasteiger partial charge in [-0.2, -0.15) is 10.4 Å². The minimum atomic E-state index is -2.95. The first kappa shape index (κ1) is 28.7. The number of alkyl halides is 2. The molecule has 1 saturated carbocycles. The number of halogens is 2. The molecule has 0 radical (unpaired) electrons. The Kier molecular flexibility index (Phi) is 7.69. The summed E-state index contributed by atoms with van der Waals surface area (Å²) in [5.41, 5.74) is 0.859. The zero-order valence-corrected chi connectivity index (χ0v) is 23.4. The van der Waals surface area contributed by atoms with Crippen LogP contribution in [-0.4, -0.2) is 59.6 Å². The minimum Gasteiger partial charge on any atom is -0.495 e. The molecule has 0 spiro atoms. The van der Waals surface area contributed by atoms with Crippen LogP contribution >= 0.6 is 0 Å². The van der Waals surface area contributed by atoms with E-state index < -0.39 is 29.7 Å². The Morgan fingerprint density at radius 1 is 1.21 bits per heavy atom. The van der Waals surface area contributed by atoms with Gasteiger partial charge < -0.3 is 19.9 Å². The van der Waals surface area contributed by atoms with E-state index >= 15 is 0 Å². The van der Waals surface area contributed by atoms with E-state index in [9.17, 15) is 28.4 Å². The van der Waals surface area contributed by atoms with Crippen molar-refractivity contribution in [3.05, 3.63) is 71.0 Å². The normalized spacial score (nSPS) is 16.7. The average Bonchev–Trinajstić information content (AvgIpc) is 3.37. The summed E-state index contributed by atoms with van der Waals surface area (Å²) in [7, 11) is 3.04. The van der Waals surface area contributed by atoms with Gasteiger partial charge in [-0.05, 0) is 43.2 Å². The van der Waals surface area contributed by atoms with E-state index in [1.54, 1.807) is 7.05 Å². The third kappa shape index (κ3) is 5.18. The lowest BCUT2D eigenvalue weighted by atomic mass is 9.78. The number of amides is 3. The fourth-order valence-electron chi connectivity index (χ4n) is 5.25. The molecule has 12 heteroatoms. The number of hydrogen-bond donors (Lipinski definition) is 1. The zero-order valence-electron chi connectivity index (χ0n) is 23.4. The summed E-state index contributed by atoms with van der Waals surface area (Å²) in [6.07, 6.45) is 3.11. The molecule has 218 valence electrons. The first-order chi connectivity index (χ1) is 20.0. The molecule has 2 aromatic carbocycles. The van der Waals surface area contributed by atoms with Crippen LogP contribution in [0.5, 0.6) is 5.75 Å². The van der Waals surface area contributed by atoms with E-state index in [-0.39, 0.29) is 47.1 Å². The second-order valence-corrected chi connectivity index (χ2v) is 10.6. The minimum absolute atomic E-state index is 0.0782. The predicted molar refractivity (Wildman–Crippen MR) is 150 cm³/mol. The largest absolute Gasteiger partial charge is 0.495 e. The molecule has 42 heavy (non-hydrogen) atoms. The number of methoxy groups -OCH3 is 1. The van der Waals surface area contributed by atoms with Crippen LogP contribution in [0.1, 0.15) is 64.2 Å². The Balaban J connectivity index is 1.47. The monoisotopic (exact) mass is 576 g/mol. The number of ether oxygens (including phenoxy) is 1. The number of anilines is 2. The fourth-order valence-corrected chi connectivity index (χ4v) is 5.25. The maximum atomic E-state index is 14.9. The van der Waals surface area contributed by atoms with Crippen molar-refractivity contribution in [2.75, 3.05) is 37.5 Å². The lowest BCUT2D eigenvalue weighted by Gasteiger charge is -2.36. The molecule has 2 heterocycles. The highest BCUT2D eigenvalue weighted by Crippen LogP contribution is 2.46. The van der Waals surface area contributed by atoms with E-state index in [0.717, 1.165) is 6.42 Å². The van der Waals surface area contributed by atoms with Crippen LogP contribution in [-0.2, 0) is 10.7 Å². The van der Waals surface area contributed by atoms with Gasteiger partial charge in [0.15, 0.2) is 5.69 Å². The average molecular weight is 577 g/mol. The molecular weight excluding hydrogens is 546 g/mol. The Morgan fingerprint density at radius 2 is 1.93 bits per heavy atom. The van der Waals surface area contributed by atoms with Crippen molar-refractivity contribution in [3.63, 3.8) is 0 Å². The van der Waals surface area contributed by atoms with Crippen molar-refractivity contribution in [1.29, 1.82) is 5.26 Å². The number of likely N-dealkylation sites (N-methyl/N-ethyl adjacent to an activating group) is 1. The summed E-state index contributed by atoms with van der Waals surface area (Å²) < 4.78 is 36.4. The van der Waals surface area contributed by atoms with Crippen molar-refractivity contribution >= 4 is 29.1 Å². The third-order valence-corrected chi connectivity index (χ3v) is 8.02. The van der Waals surface area contributed by atoms with Crippen molar-refractivity contribution in [2.24, 2.45) is 5.92 Å². The van der Waals surface area contributed by atoms with Gasteiger partial charge in [0.2, 0.25) is 5.91 Å². The quantitative estimate of drug-likeness (QED) is 0.419. The number of nitrogens with zero attached hydrogens (tertiary/aromatic N) is 5. The number of fused-ring (bicyclic) bond motifs is 1. The molecule has 1 unspecified atom stereocenters. The van der Waals surface area contributed by atoms with E-state index in [1.807, 2.05) is 6.07 Å². The topological polar surface area (TPSA) is 121 Å². The number of carbonyl (C=O) groups excluding carboxylic acids is 3. The van der Waals surface area contributed by atoms with Crippen LogP contribution in [0.4, 0.5) is 20.2 Å². The van der Waals surface area contributed by atoms with Crippen LogP contribution in [0.3, 0.4) is 0 Å². The Hall–Kier alpha value is -4.79. The van der Waals surface area contributed by atoms with Crippen molar-refractivity contribution in [3.8, 4) is 11.8 Å². The zero-order chi connectivity index (χ0) is 30.2. The molecule has 3 amide bonds. The number of aromatic nitrogens is 2. The Bertz CT molecular complexity index is 1580. The molecule has 5 rings (SSSR count). The molecule has 0 saturated heterocycles. The summed E-state index contributed by atoms with van der Waals surface area (Å²) in [4.78, 5) is 41.9. The molecule has 0 bridgehead atoms. The molecule has 1 N–H and O–H groups in total. The summed E-state index contributed by atoms with van der Waals surface area (Å²) in [6.45, 7) is 1.76. The number of nitriles is 1. The summed E-state index contributed by atoms with van der Waals surface area (Å²) >= 11 is 0. The van der Waals surface area contributed by atoms with Gasteiger partial charge in [-0.3, -0.25) is 19.1 Å². The number of benzene rings is 2. The highest BCUT2D eigenvalue weighted by atomic mass is 19.3. The molecule has 3 aromatic rings. The van der Waals surface area contributed by atoms with Crippen LogP contribution in [0.25, 0.3) is 0 Å². The summed E-state index contributed by atoms with van der Waals surface area (Å²) in [5, 5.41) is 16.5. The summed E-state index contributed by atoms with van der Waals surface area (Å²) in [5.74, 6) is -4.56. The molecule has 10 nitrogen and oxygen atoms in total. The molecule has 1 fully saturated rings. The first-order valence-electron chi connectivity index (χ1n) is 13.5. The maximum Gasteiger partial charge on any atom is 0.278 e. The van der Waals surface area contributed by atoms with Crippen LogP contribution < -0.4 is 15.0 Å². The second-order valence-electron chi connectivity index (χ2n) is 10.6. The lowest BCUT2D eigenvalue weighted by Crippen LogP contribution is -2.47. The first-order valence-corrected chi connectivity index (χ1v) is 13.5. The number of nitrogens with one attached hydrogen (secondary N) is 1. The van der Waals surface area contributed by atoms with E-state index in [1.165, 1.54) is 77.2 Å². The number of hydrogen-bond acceptors (Lipinski definition) is 6. The SMILES string of the molecule is COc1ccc(C(=O)Nc2cnn3c2C(=O)N(c2ccc(C(F)(F)C4CCC4)cc2)CC3CN(C)C(C)=O)cc1C#N. The molecular formula is C30H30F2N6O4. The molecule has 1 atom stereocenters. The van der Waals surface area contributed by atoms with Gasteiger partial charge >= 0.3 is 0 Å². The molecule has 2 aliphatic rings. The van der Waals surface area contributed by atoms with Gasteiger partial charge in [0.25, 0.3) is 17.7 Å². The van der Waals surface area contributed by atoms with Crippen LogP contribution in [0.15, 0.2) is 48.7 Å². The van der Waals surface area contributed by atoms with Gasteiger partial charge in [-0.1, -0.05) is 18.6 Å². The highest BCUT2D eigenvalue weighted by Gasteiger charge is 2.44. The second kappa shape index (κ2) is 11.2. The van der Waals surface area contributed by atoms with Crippen LogP contribution in [0, 0.1) is 17.2 Å². The van der Waals surface area contributed by atoms with Gasteiger partial charge in [-0.15, -0.1) is 0 Å². The third-order valence-electron chi connectivity index (χ3n) is 8.02. The fraction of sp³-hybridized carbons (Fsp3) is 0.367. The number of rotatable bonds is 8. The van der Waals surface area contributed by atoms with Gasteiger partial charge in [0.05, 0.1) is 37.1 Å². The molecule has 1 aromatic heterocycles. The van der Waals surface area contributed by atoms with Gasteiger partial charge in [0, 0.05) is 43.2 Å². The maximum absolute atomic E-state index is 14.9. The van der Waals surface area contributed by atoms with E-state index in [4.69, 9.17) is 4.74 Å².